The minimum atomic E-state index is 0.543. The number of methoxy groups -OCH3 is 1. The van der Waals surface area contributed by atoms with E-state index in [1.807, 2.05) is 0 Å². The summed E-state index contributed by atoms with van der Waals surface area (Å²) in [7, 11) is 3.99. The molecule has 1 aliphatic heterocycles. The average Bonchev–Trinajstić information content (AvgIpc) is 3.30. The molecule has 1 heterocycles. The Morgan fingerprint density at radius 3 is 2.60 bits per heavy atom. The van der Waals surface area contributed by atoms with Crippen molar-refractivity contribution in [2.75, 3.05) is 27.2 Å². The summed E-state index contributed by atoms with van der Waals surface area (Å²) in [5.74, 6) is 1.67. The van der Waals surface area contributed by atoms with Gasteiger partial charge in [0.25, 0.3) is 0 Å². The molecule has 20 heavy (non-hydrogen) atoms. The molecule has 2 unspecified atom stereocenters. The van der Waals surface area contributed by atoms with Gasteiger partial charge in [0.15, 0.2) is 0 Å². The lowest BCUT2D eigenvalue weighted by Crippen LogP contribution is -2.40. The Morgan fingerprint density at radius 1 is 1.20 bits per heavy atom. The zero-order chi connectivity index (χ0) is 13.9. The summed E-state index contributed by atoms with van der Waals surface area (Å²) >= 11 is 0. The lowest BCUT2D eigenvalue weighted by Gasteiger charge is -2.40. The number of piperidine rings is 1. The summed E-state index contributed by atoms with van der Waals surface area (Å²) in [5, 5.41) is 3.72. The zero-order valence-electron chi connectivity index (χ0n) is 12.6. The second-order valence-electron chi connectivity index (χ2n) is 6.28. The van der Waals surface area contributed by atoms with Gasteiger partial charge in [0, 0.05) is 18.6 Å². The maximum Gasteiger partial charge on any atom is 0.118 e. The van der Waals surface area contributed by atoms with Gasteiger partial charge in [0.1, 0.15) is 5.75 Å². The third kappa shape index (κ3) is 3.15. The first kappa shape index (κ1) is 13.9. The van der Waals surface area contributed by atoms with Crippen LogP contribution in [-0.4, -0.2) is 38.2 Å². The predicted molar refractivity (Wildman–Crippen MR) is 82.1 cm³/mol. The Labute approximate surface area is 122 Å². The largest absolute Gasteiger partial charge is 0.497 e. The van der Waals surface area contributed by atoms with Gasteiger partial charge >= 0.3 is 0 Å². The van der Waals surface area contributed by atoms with E-state index in [0.29, 0.717) is 6.04 Å². The monoisotopic (exact) mass is 274 g/mol. The highest BCUT2D eigenvalue weighted by molar-refractivity contribution is 5.29. The standard InChI is InChI=1S/C17H26N2O/c1-19-11-3-4-14(12-18-15-7-8-15)17(19)13-5-9-16(20-2)10-6-13/h5-6,9-10,14-15,17-18H,3-4,7-8,11-12H2,1-2H3. The van der Waals surface area contributed by atoms with Crippen LogP contribution < -0.4 is 10.1 Å². The summed E-state index contributed by atoms with van der Waals surface area (Å²) in [4.78, 5) is 2.52. The Kier molecular flexibility index (Phi) is 4.27. The van der Waals surface area contributed by atoms with Gasteiger partial charge in [0.05, 0.1) is 7.11 Å². The lowest BCUT2D eigenvalue weighted by molar-refractivity contribution is 0.119. The van der Waals surface area contributed by atoms with Crippen LogP contribution in [0.25, 0.3) is 0 Å². The number of hydrogen-bond donors (Lipinski definition) is 1. The SMILES string of the molecule is COc1ccc(C2C(CNC3CC3)CCCN2C)cc1. The molecule has 0 radical (unpaired) electrons. The molecule has 1 aromatic rings. The van der Waals surface area contributed by atoms with Crippen LogP contribution in [0.3, 0.4) is 0 Å². The molecular formula is C17H26N2O. The van der Waals surface area contributed by atoms with Crippen molar-refractivity contribution in [2.45, 2.75) is 37.8 Å². The van der Waals surface area contributed by atoms with Crippen molar-refractivity contribution >= 4 is 0 Å². The Balaban J connectivity index is 1.72. The number of rotatable bonds is 5. The van der Waals surface area contributed by atoms with Crippen LogP contribution in [0.1, 0.15) is 37.3 Å². The average molecular weight is 274 g/mol. The Hall–Kier alpha value is -1.06. The first-order valence-corrected chi connectivity index (χ1v) is 7.85. The number of nitrogens with one attached hydrogen (secondary N) is 1. The molecule has 1 N–H and O–H groups in total. The number of likely N-dealkylation sites (tertiary alicyclic amines) is 1. The lowest BCUT2D eigenvalue weighted by atomic mass is 9.85. The molecule has 2 fully saturated rings. The van der Waals surface area contributed by atoms with Crippen molar-refractivity contribution in [1.82, 2.24) is 10.2 Å². The summed E-state index contributed by atoms with van der Waals surface area (Å²) in [6, 6.07) is 9.98. The normalized spacial score (nSPS) is 27.5. The molecule has 0 aromatic heterocycles. The van der Waals surface area contributed by atoms with E-state index in [-0.39, 0.29) is 0 Å². The second kappa shape index (κ2) is 6.15. The maximum atomic E-state index is 5.27. The van der Waals surface area contributed by atoms with Crippen LogP contribution in [0.15, 0.2) is 24.3 Å². The van der Waals surface area contributed by atoms with Gasteiger partial charge in [-0.1, -0.05) is 12.1 Å². The summed E-state index contributed by atoms with van der Waals surface area (Å²) in [6.07, 6.45) is 5.40. The molecule has 0 spiro atoms. The molecule has 2 atom stereocenters. The smallest absolute Gasteiger partial charge is 0.118 e. The van der Waals surface area contributed by atoms with Crippen molar-refractivity contribution in [1.29, 1.82) is 0 Å². The van der Waals surface area contributed by atoms with E-state index in [0.717, 1.165) is 24.3 Å². The zero-order valence-corrected chi connectivity index (χ0v) is 12.6. The van der Waals surface area contributed by atoms with Gasteiger partial charge in [-0.3, -0.25) is 4.90 Å². The van der Waals surface area contributed by atoms with E-state index in [1.54, 1.807) is 7.11 Å². The highest BCUT2D eigenvalue weighted by Gasteiger charge is 2.31. The van der Waals surface area contributed by atoms with Crippen molar-refractivity contribution in [3.63, 3.8) is 0 Å². The summed E-state index contributed by atoms with van der Waals surface area (Å²) < 4.78 is 5.27. The fourth-order valence-corrected chi connectivity index (χ4v) is 3.41. The quantitative estimate of drug-likeness (QED) is 0.893. The number of nitrogens with zero attached hydrogens (tertiary/aromatic N) is 1. The molecule has 0 amide bonds. The van der Waals surface area contributed by atoms with Crippen molar-refractivity contribution in [3.05, 3.63) is 29.8 Å². The van der Waals surface area contributed by atoms with Gasteiger partial charge in [-0.05, 0) is 62.9 Å². The van der Waals surface area contributed by atoms with E-state index in [2.05, 4.69) is 41.5 Å². The molecule has 1 saturated carbocycles. The Morgan fingerprint density at radius 2 is 1.95 bits per heavy atom. The highest BCUT2D eigenvalue weighted by Crippen LogP contribution is 2.35. The van der Waals surface area contributed by atoms with E-state index in [1.165, 1.54) is 37.8 Å². The second-order valence-corrected chi connectivity index (χ2v) is 6.28. The first-order chi connectivity index (χ1) is 9.78. The van der Waals surface area contributed by atoms with Crippen LogP contribution >= 0.6 is 0 Å². The molecule has 3 nitrogen and oxygen atoms in total. The van der Waals surface area contributed by atoms with E-state index in [4.69, 9.17) is 4.74 Å². The summed E-state index contributed by atoms with van der Waals surface area (Å²) in [6.45, 7) is 2.36. The number of benzene rings is 1. The van der Waals surface area contributed by atoms with Crippen LogP contribution in [0.4, 0.5) is 0 Å². The molecule has 1 aliphatic carbocycles. The fourth-order valence-electron chi connectivity index (χ4n) is 3.41. The van der Waals surface area contributed by atoms with E-state index < -0.39 is 0 Å². The maximum absolute atomic E-state index is 5.27. The van der Waals surface area contributed by atoms with Crippen molar-refractivity contribution in [3.8, 4) is 5.75 Å². The molecule has 3 heteroatoms. The number of hydrogen-bond acceptors (Lipinski definition) is 3. The molecule has 1 aromatic carbocycles. The van der Waals surface area contributed by atoms with E-state index in [9.17, 15) is 0 Å². The molecule has 2 aliphatic rings. The van der Waals surface area contributed by atoms with Crippen molar-refractivity contribution < 1.29 is 4.74 Å². The number of ether oxygens (including phenoxy) is 1. The van der Waals surface area contributed by atoms with Gasteiger partial charge in [0.2, 0.25) is 0 Å². The van der Waals surface area contributed by atoms with Gasteiger partial charge in [-0.25, -0.2) is 0 Å². The Bertz CT molecular complexity index is 427. The third-order valence-corrected chi connectivity index (χ3v) is 4.71. The minimum absolute atomic E-state index is 0.543. The van der Waals surface area contributed by atoms with Gasteiger partial charge in [-0.2, -0.15) is 0 Å². The molecule has 110 valence electrons. The van der Waals surface area contributed by atoms with E-state index >= 15 is 0 Å². The summed E-state index contributed by atoms with van der Waals surface area (Å²) in [5.41, 5.74) is 1.43. The van der Waals surface area contributed by atoms with Gasteiger partial charge in [-0.15, -0.1) is 0 Å². The molecular weight excluding hydrogens is 248 g/mol. The van der Waals surface area contributed by atoms with Crippen molar-refractivity contribution in [2.24, 2.45) is 5.92 Å². The van der Waals surface area contributed by atoms with Gasteiger partial charge < -0.3 is 10.1 Å². The fraction of sp³-hybridized carbons (Fsp3) is 0.647. The first-order valence-electron chi connectivity index (χ1n) is 7.85. The molecule has 0 bridgehead atoms. The minimum Gasteiger partial charge on any atom is -0.497 e. The van der Waals surface area contributed by atoms with Crippen LogP contribution in [0, 0.1) is 5.92 Å². The molecule has 1 saturated heterocycles. The molecule has 3 rings (SSSR count). The predicted octanol–water partition coefficient (Wildman–Crippen LogP) is 2.83. The van der Waals surface area contributed by atoms with Crippen LogP contribution in [0.5, 0.6) is 5.75 Å². The van der Waals surface area contributed by atoms with Crippen LogP contribution in [-0.2, 0) is 0 Å². The highest BCUT2D eigenvalue weighted by atomic mass is 16.5. The third-order valence-electron chi connectivity index (χ3n) is 4.71. The van der Waals surface area contributed by atoms with Crippen LogP contribution in [0.2, 0.25) is 0 Å². The topological polar surface area (TPSA) is 24.5 Å².